The van der Waals surface area contributed by atoms with Gasteiger partial charge in [0, 0.05) is 38.9 Å². The Morgan fingerprint density at radius 3 is 2.81 bits per heavy atom. The lowest BCUT2D eigenvalue weighted by atomic mass is 10.2. The van der Waals surface area contributed by atoms with Crippen molar-refractivity contribution in [2.75, 3.05) is 20.1 Å². The predicted octanol–water partition coefficient (Wildman–Crippen LogP) is 0.296. The number of carbonyl (C=O) groups is 1. The van der Waals surface area contributed by atoms with E-state index in [1.807, 2.05) is 27.1 Å². The lowest BCUT2D eigenvalue weighted by Gasteiger charge is -2.14. The van der Waals surface area contributed by atoms with E-state index >= 15 is 0 Å². The molecule has 1 heterocycles. The van der Waals surface area contributed by atoms with Crippen LogP contribution in [0.15, 0.2) is 6.20 Å². The third kappa shape index (κ3) is 3.34. The van der Waals surface area contributed by atoms with Crippen LogP contribution in [0, 0.1) is 6.92 Å². The van der Waals surface area contributed by atoms with Gasteiger partial charge in [-0.1, -0.05) is 0 Å². The van der Waals surface area contributed by atoms with Gasteiger partial charge in [-0.2, -0.15) is 5.10 Å². The van der Waals surface area contributed by atoms with E-state index in [1.165, 1.54) is 0 Å². The number of hydrogen-bond donors (Lipinski definition) is 1. The molecular formula is C11H20N4O. The molecule has 0 saturated carbocycles. The third-order valence-electron chi connectivity index (χ3n) is 2.61. The summed E-state index contributed by atoms with van der Waals surface area (Å²) in [5.74, 6) is 0.115. The molecular weight excluding hydrogens is 204 g/mol. The number of hydrogen-bond acceptors (Lipinski definition) is 3. The van der Waals surface area contributed by atoms with Crippen LogP contribution in [-0.2, 0) is 18.4 Å². The van der Waals surface area contributed by atoms with Gasteiger partial charge >= 0.3 is 0 Å². The van der Waals surface area contributed by atoms with Crippen molar-refractivity contribution in [1.29, 1.82) is 0 Å². The van der Waals surface area contributed by atoms with Crippen LogP contribution in [0.4, 0.5) is 0 Å². The highest BCUT2D eigenvalue weighted by atomic mass is 16.2. The topological polar surface area (TPSA) is 50.2 Å². The number of aromatic nitrogens is 2. The fourth-order valence-electron chi connectivity index (χ4n) is 1.44. The molecule has 1 rings (SSSR count). The minimum Gasteiger partial charge on any atom is -0.345 e. The molecule has 5 nitrogen and oxygen atoms in total. The van der Waals surface area contributed by atoms with Crippen molar-refractivity contribution in [2.45, 2.75) is 20.4 Å². The summed E-state index contributed by atoms with van der Waals surface area (Å²) in [5.41, 5.74) is 2.14. The maximum Gasteiger partial charge on any atom is 0.236 e. The first-order chi connectivity index (χ1) is 7.54. The number of rotatable bonds is 5. The summed E-state index contributed by atoms with van der Waals surface area (Å²) in [5, 5.41) is 7.37. The van der Waals surface area contributed by atoms with E-state index in [1.54, 1.807) is 16.6 Å². The summed E-state index contributed by atoms with van der Waals surface area (Å²) in [7, 11) is 3.70. The Balaban J connectivity index is 2.36. The van der Waals surface area contributed by atoms with Gasteiger partial charge in [0.15, 0.2) is 0 Å². The van der Waals surface area contributed by atoms with Crippen molar-refractivity contribution in [3.05, 3.63) is 17.5 Å². The lowest BCUT2D eigenvalue weighted by molar-refractivity contribution is -0.128. The Kier molecular flexibility index (Phi) is 4.49. The van der Waals surface area contributed by atoms with Crippen LogP contribution < -0.4 is 5.32 Å². The van der Waals surface area contributed by atoms with Crippen LogP contribution in [0.3, 0.4) is 0 Å². The van der Waals surface area contributed by atoms with Crippen LogP contribution in [0.5, 0.6) is 0 Å². The first-order valence-corrected chi connectivity index (χ1v) is 5.48. The Morgan fingerprint density at radius 2 is 2.31 bits per heavy atom. The Morgan fingerprint density at radius 1 is 1.62 bits per heavy atom. The Hall–Kier alpha value is -1.36. The van der Waals surface area contributed by atoms with Crippen molar-refractivity contribution < 1.29 is 4.79 Å². The van der Waals surface area contributed by atoms with E-state index in [9.17, 15) is 4.79 Å². The molecule has 0 spiro atoms. The quantitative estimate of drug-likeness (QED) is 0.782. The SMILES string of the molecule is CCN(C)C(=O)CNCc1cn(C)nc1C. The van der Waals surface area contributed by atoms with Crippen molar-refractivity contribution >= 4 is 5.91 Å². The summed E-state index contributed by atoms with van der Waals surface area (Å²) in [4.78, 5) is 13.2. The minimum atomic E-state index is 0.115. The van der Waals surface area contributed by atoms with Gasteiger partial charge in [0.2, 0.25) is 5.91 Å². The summed E-state index contributed by atoms with van der Waals surface area (Å²) in [6.45, 7) is 5.73. The summed E-state index contributed by atoms with van der Waals surface area (Å²) >= 11 is 0. The van der Waals surface area contributed by atoms with Gasteiger partial charge in [-0.15, -0.1) is 0 Å². The van der Waals surface area contributed by atoms with Gasteiger partial charge in [-0.05, 0) is 13.8 Å². The van der Waals surface area contributed by atoms with Crippen molar-refractivity contribution in [1.82, 2.24) is 20.0 Å². The first-order valence-electron chi connectivity index (χ1n) is 5.48. The van der Waals surface area contributed by atoms with E-state index in [-0.39, 0.29) is 5.91 Å². The van der Waals surface area contributed by atoms with Crippen LogP contribution >= 0.6 is 0 Å². The smallest absolute Gasteiger partial charge is 0.236 e. The normalized spacial score (nSPS) is 10.5. The molecule has 1 aromatic rings. The average Bonchev–Trinajstić information content (AvgIpc) is 2.56. The molecule has 0 bridgehead atoms. The van der Waals surface area contributed by atoms with Gasteiger partial charge in [0.05, 0.1) is 12.2 Å². The molecule has 1 amide bonds. The molecule has 0 unspecified atom stereocenters. The van der Waals surface area contributed by atoms with Gasteiger partial charge < -0.3 is 10.2 Å². The summed E-state index contributed by atoms with van der Waals surface area (Å²) in [6, 6.07) is 0. The highest BCUT2D eigenvalue weighted by Crippen LogP contribution is 2.03. The highest BCUT2D eigenvalue weighted by molar-refractivity contribution is 5.77. The van der Waals surface area contributed by atoms with Crippen molar-refractivity contribution in [3.8, 4) is 0 Å². The van der Waals surface area contributed by atoms with E-state index in [0.717, 1.165) is 17.8 Å². The van der Waals surface area contributed by atoms with Crippen molar-refractivity contribution in [3.63, 3.8) is 0 Å². The van der Waals surface area contributed by atoms with Crippen LogP contribution in [0.2, 0.25) is 0 Å². The first kappa shape index (κ1) is 12.7. The largest absolute Gasteiger partial charge is 0.345 e. The standard InChI is InChI=1S/C11H20N4O/c1-5-14(3)11(16)7-12-6-10-8-15(4)13-9(10)2/h8,12H,5-7H2,1-4H3. The maximum atomic E-state index is 11.5. The van der Waals surface area contributed by atoms with Gasteiger partial charge in [-0.25, -0.2) is 0 Å². The molecule has 0 atom stereocenters. The van der Waals surface area contributed by atoms with E-state index < -0.39 is 0 Å². The fraction of sp³-hybridized carbons (Fsp3) is 0.636. The molecule has 0 aliphatic rings. The average molecular weight is 224 g/mol. The van der Waals surface area contributed by atoms with E-state index in [0.29, 0.717) is 13.1 Å². The molecule has 1 N–H and O–H groups in total. The van der Waals surface area contributed by atoms with Gasteiger partial charge in [-0.3, -0.25) is 9.48 Å². The predicted molar refractivity (Wildman–Crippen MR) is 63.0 cm³/mol. The van der Waals surface area contributed by atoms with E-state index in [4.69, 9.17) is 0 Å². The molecule has 16 heavy (non-hydrogen) atoms. The Bertz CT molecular complexity index is 359. The zero-order chi connectivity index (χ0) is 12.1. The molecule has 0 radical (unpaired) electrons. The van der Waals surface area contributed by atoms with Gasteiger partial charge in [0.1, 0.15) is 0 Å². The molecule has 1 aromatic heterocycles. The lowest BCUT2D eigenvalue weighted by Crippen LogP contribution is -2.35. The van der Waals surface area contributed by atoms with E-state index in [2.05, 4.69) is 10.4 Å². The number of carbonyl (C=O) groups excluding carboxylic acids is 1. The Labute approximate surface area is 96.4 Å². The number of nitrogens with zero attached hydrogens (tertiary/aromatic N) is 3. The summed E-state index contributed by atoms with van der Waals surface area (Å²) < 4.78 is 1.78. The minimum absolute atomic E-state index is 0.115. The monoisotopic (exact) mass is 224 g/mol. The molecule has 5 heteroatoms. The molecule has 0 aliphatic heterocycles. The number of aryl methyl sites for hydroxylation is 2. The van der Waals surface area contributed by atoms with Crippen LogP contribution in [-0.4, -0.2) is 40.7 Å². The van der Waals surface area contributed by atoms with Gasteiger partial charge in [0.25, 0.3) is 0 Å². The molecule has 0 saturated heterocycles. The molecule has 0 aromatic carbocycles. The zero-order valence-electron chi connectivity index (χ0n) is 10.4. The molecule has 0 aliphatic carbocycles. The maximum absolute atomic E-state index is 11.5. The second-order valence-corrected chi connectivity index (χ2v) is 3.92. The third-order valence-corrected chi connectivity index (χ3v) is 2.61. The number of nitrogens with one attached hydrogen (secondary N) is 1. The zero-order valence-corrected chi connectivity index (χ0v) is 10.4. The highest BCUT2D eigenvalue weighted by Gasteiger charge is 2.07. The number of amides is 1. The van der Waals surface area contributed by atoms with Crippen molar-refractivity contribution in [2.24, 2.45) is 7.05 Å². The fourth-order valence-corrected chi connectivity index (χ4v) is 1.44. The van der Waals surface area contributed by atoms with Crippen LogP contribution in [0.1, 0.15) is 18.2 Å². The van der Waals surface area contributed by atoms with Crippen LogP contribution in [0.25, 0.3) is 0 Å². The second kappa shape index (κ2) is 5.65. The number of likely N-dealkylation sites (N-methyl/N-ethyl adjacent to an activating group) is 1. The second-order valence-electron chi connectivity index (χ2n) is 3.92. The molecule has 0 fully saturated rings. The molecule has 90 valence electrons. The summed E-state index contributed by atoms with van der Waals surface area (Å²) in [6.07, 6.45) is 1.97.